The number of fused-ring (bicyclic) bond motifs is 1. The Hall–Kier alpha value is -2.11. The molecule has 1 aliphatic rings. The van der Waals surface area contributed by atoms with Gasteiger partial charge in [0, 0.05) is 11.8 Å². The van der Waals surface area contributed by atoms with Crippen molar-refractivity contribution in [3.63, 3.8) is 0 Å². The number of hydrogen-bond acceptors (Lipinski definition) is 4. The number of aromatic hydroxyl groups is 1. The molecule has 1 radical (unpaired) electrons. The van der Waals surface area contributed by atoms with Crippen LogP contribution in [0.5, 0.6) is 5.75 Å². The molecule has 0 atom stereocenters. The summed E-state index contributed by atoms with van der Waals surface area (Å²) in [6.07, 6.45) is 5.74. The van der Waals surface area contributed by atoms with Crippen molar-refractivity contribution in [1.29, 1.82) is 0 Å². The van der Waals surface area contributed by atoms with Crippen molar-refractivity contribution in [2.75, 3.05) is 0 Å². The van der Waals surface area contributed by atoms with E-state index >= 15 is 0 Å². The molecule has 2 heterocycles. The normalized spacial score (nSPS) is 15.1. The third-order valence-electron chi connectivity index (χ3n) is 3.34. The minimum absolute atomic E-state index is 0.0809. The van der Waals surface area contributed by atoms with Crippen molar-refractivity contribution in [3.05, 3.63) is 23.7 Å². The van der Waals surface area contributed by atoms with Gasteiger partial charge in [0.2, 0.25) is 0 Å². The average molecular weight is 245 g/mol. The van der Waals surface area contributed by atoms with Gasteiger partial charge in [0.05, 0.1) is 0 Å². The molecule has 93 valence electrons. The fourth-order valence-electron chi connectivity index (χ4n) is 2.18. The third kappa shape index (κ3) is 1.79. The van der Waals surface area contributed by atoms with Crippen molar-refractivity contribution in [3.8, 4) is 5.75 Å². The lowest BCUT2D eigenvalue weighted by atomic mass is 10.1. The van der Waals surface area contributed by atoms with E-state index in [1.54, 1.807) is 4.52 Å². The molecule has 1 saturated carbocycles. The van der Waals surface area contributed by atoms with Crippen LogP contribution in [-0.4, -0.2) is 25.6 Å². The molecule has 6 nitrogen and oxygen atoms in total. The summed E-state index contributed by atoms with van der Waals surface area (Å²) in [6, 6.07) is 1.52. The van der Waals surface area contributed by atoms with E-state index in [2.05, 4.69) is 10.1 Å². The number of rotatable bonds is 4. The highest BCUT2D eigenvalue weighted by molar-refractivity contribution is 6.00. The van der Waals surface area contributed by atoms with Gasteiger partial charge in [0.1, 0.15) is 17.6 Å². The number of aryl methyl sites for hydroxylation is 1. The number of amides is 1. The summed E-state index contributed by atoms with van der Waals surface area (Å²) in [5.74, 6) is -0.344. The summed E-state index contributed by atoms with van der Waals surface area (Å²) >= 11 is 0. The minimum Gasteiger partial charge on any atom is -0.507 e. The zero-order valence-electron chi connectivity index (χ0n) is 9.76. The zero-order chi connectivity index (χ0) is 12.7. The Morgan fingerprint density at radius 3 is 3.00 bits per heavy atom. The quantitative estimate of drug-likeness (QED) is 0.876. The van der Waals surface area contributed by atoms with Gasteiger partial charge < -0.3 is 5.11 Å². The predicted molar refractivity (Wildman–Crippen MR) is 63.1 cm³/mol. The van der Waals surface area contributed by atoms with Crippen LogP contribution >= 0.6 is 0 Å². The fourth-order valence-corrected chi connectivity index (χ4v) is 2.18. The minimum atomic E-state index is -0.945. The van der Waals surface area contributed by atoms with Crippen LogP contribution in [0.15, 0.2) is 12.4 Å². The maximum Gasteiger partial charge on any atom is 0.277 e. The monoisotopic (exact) mass is 245 g/mol. The molecule has 0 aliphatic heterocycles. The molecule has 1 aliphatic carbocycles. The molecule has 0 bridgehead atoms. The summed E-state index contributed by atoms with van der Waals surface area (Å²) < 4.78 is 1.55. The number of pyridine rings is 1. The number of aromatic nitrogens is 3. The lowest BCUT2D eigenvalue weighted by molar-refractivity contribution is 0.0990. The Kier molecular flexibility index (Phi) is 2.43. The van der Waals surface area contributed by atoms with Crippen LogP contribution in [-0.2, 0) is 6.42 Å². The van der Waals surface area contributed by atoms with Crippen molar-refractivity contribution in [2.24, 2.45) is 5.92 Å². The molecule has 1 amide bonds. The molecule has 1 fully saturated rings. The first-order valence-electron chi connectivity index (χ1n) is 5.97. The third-order valence-corrected chi connectivity index (χ3v) is 3.34. The van der Waals surface area contributed by atoms with Gasteiger partial charge in [0.25, 0.3) is 5.91 Å². The van der Waals surface area contributed by atoms with E-state index in [1.807, 2.05) is 0 Å². The van der Waals surface area contributed by atoms with Crippen LogP contribution in [0, 0.1) is 5.92 Å². The molecule has 0 unspecified atom stereocenters. The highest BCUT2D eigenvalue weighted by atomic mass is 16.3. The molecule has 2 N–H and O–H groups in total. The Labute approximate surface area is 103 Å². The van der Waals surface area contributed by atoms with Crippen molar-refractivity contribution >= 4 is 11.6 Å². The first-order valence-corrected chi connectivity index (χ1v) is 5.97. The molecule has 0 spiro atoms. The Morgan fingerprint density at radius 2 is 2.33 bits per heavy atom. The first kappa shape index (κ1) is 11.0. The second-order valence-electron chi connectivity index (χ2n) is 4.70. The Morgan fingerprint density at radius 1 is 1.56 bits per heavy atom. The highest BCUT2D eigenvalue weighted by Crippen LogP contribution is 2.34. The second-order valence-corrected chi connectivity index (χ2v) is 4.70. The van der Waals surface area contributed by atoms with E-state index in [-0.39, 0.29) is 17.0 Å². The van der Waals surface area contributed by atoms with E-state index in [1.165, 1.54) is 25.2 Å². The number of hydrogen-bond donors (Lipinski definition) is 1. The number of nitrogens with one attached hydrogen (secondary N) is 1. The van der Waals surface area contributed by atoms with Gasteiger partial charge in [-0.15, -0.1) is 0 Å². The van der Waals surface area contributed by atoms with Gasteiger partial charge in [-0.25, -0.2) is 9.50 Å². The van der Waals surface area contributed by atoms with Gasteiger partial charge in [-0.2, -0.15) is 5.10 Å². The number of nitrogens with zero attached hydrogens (tertiary/aromatic N) is 3. The molecular formula is C12H13N4O2. The van der Waals surface area contributed by atoms with E-state index in [9.17, 15) is 9.90 Å². The predicted octanol–water partition coefficient (Wildman–Crippen LogP) is 1.20. The summed E-state index contributed by atoms with van der Waals surface area (Å²) in [7, 11) is 0. The molecule has 3 rings (SSSR count). The van der Waals surface area contributed by atoms with Crippen LogP contribution in [0.2, 0.25) is 0 Å². The zero-order valence-corrected chi connectivity index (χ0v) is 9.76. The lowest BCUT2D eigenvalue weighted by Gasteiger charge is -2.08. The van der Waals surface area contributed by atoms with Crippen molar-refractivity contribution in [1.82, 2.24) is 20.3 Å². The van der Waals surface area contributed by atoms with Crippen LogP contribution in [0.1, 0.15) is 35.3 Å². The second kappa shape index (κ2) is 3.97. The standard InChI is InChI=1S/C12H13N4O2/c13-11(18)10-9(17)5-8(4-3-7-1-2-7)16-12(10)14-6-15-16/h5-7,13,17H,1-4H2. The molecule has 0 saturated heterocycles. The average Bonchev–Trinajstić information content (AvgIpc) is 3.02. The van der Waals surface area contributed by atoms with Gasteiger partial charge in [-0.3, -0.25) is 10.5 Å². The van der Waals surface area contributed by atoms with Crippen LogP contribution in [0.25, 0.3) is 5.65 Å². The summed E-state index contributed by atoms with van der Waals surface area (Å²) in [4.78, 5) is 15.1. The molecule has 2 aromatic rings. The largest absolute Gasteiger partial charge is 0.507 e. The molecule has 6 heteroatoms. The van der Waals surface area contributed by atoms with E-state index < -0.39 is 5.91 Å². The van der Waals surface area contributed by atoms with Crippen molar-refractivity contribution < 1.29 is 9.90 Å². The summed E-state index contributed by atoms with van der Waals surface area (Å²) in [6.45, 7) is 0. The van der Waals surface area contributed by atoms with Crippen LogP contribution in [0.4, 0.5) is 0 Å². The maximum absolute atomic E-state index is 11.2. The van der Waals surface area contributed by atoms with E-state index in [4.69, 9.17) is 5.73 Å². The molecule has 0 aromatic carbocycles. The van der Waals surface area contributed by atoms with Gasteiger partial charge in [0.15, 0.2) is 5.65 Å². The van der Waals surface area contributed by atoms with Gasteiger partial charge in [-0.1, -0.05) is 12.8 Å². The van der Waals surface area contributed by atoms with Crippen LogP contribution < -0.4 is 5.73 Å². The van der Waals surface area contributed by atoms with Crippen molar-refractivity contribution in [2.45, 2.75) is 25.7 Å². The topological polar surface area (TPSA) is 91.3 Å². The summed E-state index contributed by atoms with van der Waals surface area (Å²) in [5, 5.41) is 13.9. The summed E-state index contributed by atoms with van der Waals surface area (Å²) in [5.41, 5.74) is 8.17. The Bertz CT molecular complexity index is 616. The van der Waals surface area contributed by atoms with E-state index in [0.717, 1.165) is 24.5 Å². The molecular weight excluding hydrogens is 232 g/mol. The van der Waals surface area contributed by atoms with Crippen LogP contribution in [0.3, 0.4) is 0 Å². The molecule has 2 aromatic heterocycles. The number of carbonyl (C=O) groups is 1. The van der Waals surface area contributed by atoms with Gasteiger partial charge >= 0.3 is 0 Å². The molecule has 18 heavy (non-hydrogen) atoms. The van der Waals surface area contributed by atoms with Gasteiger partial charge in [-0.05, 0) is 18.8 Å². The highest BCUT2D eigenvalue weighted by Gasteiger charge is 2.23. The fraction of sp³-hybridized carbons (Fsp3) is 0.417. The Balaban J connectivity index is 2.06. The first-order chi connectivity index (χ1) is 8.66. The number of carbonyl (C=O) groups excluding carboxylic acids is 1. The smallest absolute Gasteiger partial charge is 0.277 e. The maximum atomic E-state index is 11.2. The van der Waals surface area contributed by atoms with E-state index in [0.29, 0.717) is 0 Å². The SMILES string of the molecule is [NH]C(=O)c1c(O)cc(CCC2CC2)n2ncnc12. The lowest BCUT2D eigenvalue weighted by Crippen LogP contribution is -2.07.